The molecule has 1 aliphatic heterocycles. The van der Waals surface area contributed by atoms with Gasteiger partial charge in [0.15, 0.2) is 0 Å². The fourth-order valence-electron chi connectivity index (χ4n) is 2.76. The van der Waals surface area contributed by atoms with Crippen molar-refractivity contribution >= 4 is 17.6 Å². The summed E-state index contributed by atoms with van der Waals surface area (Å²) in [5, 5.41) is 3.68. The largest absolute Gasteiger partial charge is 0.377 e. The van der Waals surface area contributed by atoms with Crippen LogP contribution in [-0.4, -0.2) is 41.3 Å². The molecular formula is C14H20ClN3O2. The summed E-state index contributed by atoms with van der Waals surface area (Å²) in [5.41, 5.74) is 1.000. The smallest absolute Gasteiger partial charge is 0.318 e. The number of halogens is 1. The third-order valence-corrected chi connectivity index (χ3v) is 4.29. The topological polar surface area (TPSA) is 46.5 Å². The van der Waals surface area contributed by atoms with Gasteiger partial charge in [0.05, 0.1) is 30.8 Å². The molecule has 1 atom stereocenters. The van der Waals surface area contributed by atoms with Crippen molar-refractivity contribution < 1.29 is 9.53 Å². The number of carbonyl (C=O) groups excluding carboxylic acids is 1. The number of amides is 2. The number of ether oxygens (including phenoxy) is 1. The van der Waals surface area contributed by atoms with Gasteiger partial charge in [-0.15, -0.1) is 0 Å². The van der Waals surface area contributed by atoms with Gasteiger partial charge in [-0.3, -0.25) is 0 Å². The normalized spacial score (nSPS) is 22.9. The molecule has 1 saturated heterocycles. The van der Waals surface area contributed by atoms with Crippen molar-refractivity contribution in [2.24, 2.45) is 13.0 Å². The summed E-state index contributed by atoms with van der Waals surface area (Å²) < 4.78 is 7.44. The predicted molar refractivity (Wildman–Crippen MR) is 76.7 cm³/mol. The van der Waals surface area contributed by atoms with E-state index in [1.54, 1.807) is 0 Å². The summed E-state index contributed by atoms with van der Waals surface area (Å²) in [7, 11) is 1.93. The Bertz CT molecular complexity index is 499. The zero-order valence-electron chi connectivity index (χ0n) is 11.6. The lowest BCUT2D eigenvalue weighted by Gasteiger charge is -2.35. The van der Waals surface area contributed by atoms with Crippen LogP contribution < -0.4 is 5.32 Å². The van der Waals surface area contributed by atoms with Crippen LogP contribution in [0.3, 0.4) is 0 Å². The molecule has 1 aromatic rings. The molecule has 0 spiro atoms. The van der Waals surface area contributed by atoms with Crippen molar-refractivity contribution in [3.8, 4) is 0 Å². The highest BCUT2D eigenvalue weighted by atomic mass is 35.5. The highest BCUT2D eigenvalue weighted by Crippen LogP contribution is 2.36. The van der Waals surface area contributed by atoms with Gasteiger partial charge in [-0.1, -0.05) is 11.6 Å². The van der Waals surface area contributed by atoms with Crippen LogP contribution in [0.25, 0.3) is 0 Å². The number of urea groups is 1. The molecule has 2 aliphatic rings. The van der Waals surface area contributed by atoms with Gasteiger partial charge in [-0.25, -0.2) is 4.79 Å². The number of rotatable bonds is 3. The van der Waals surface area contributed by atoms with Crippen molar-refractivity contribution in [2.45, 2.75) is 25.4 Å². The van der Waals surface area contributed by atoms with Gasteiger partial charge in [0.1, 0.15) is 0 Å². The fourth-order valence-corrected chi connectivity index (χ4v) is 3.03. The van der Waals surface area contributed by atoms with Crippen LogP contribution in [0.5, 0.6) is 0 Å². The molecule has 2 heterocycles. The second-order valence-corrected chi connectivity index (χ2v) is 6.03. The lowest BCUT2D eigenvalue weighted by atomic mass is 10.1. The first-order valence-electron chi connectivity index (χ1n) is 7.08. The quantitative estimate of drug-likeness (QED) is 0.927. The first kappa shape index (κ1) is 13.8. The molecular weight excluding hydrogens is 278 g/mol. The second-order valence-electron chi connectivity index (χ2n) is 5.59. The first-order chi connectivity index (χ1) is 9.65. The van der Waals surface area contributed by atoms with Crippen molar-refractivity contribution in [3.05, 3.63) is 23.0 Å². The van der Waals surface area contributed by atoms with Crippen LogP contribution in [-0.2, 0) is 18.3 Å². The minimum atomic E-state index is 0.00234. The number of hydrogen-bond donors (Lipinski definition) is 1. The molecule has 1 aromatic heterocycles. The van der Waals surface area contributed by atoms with Crippen LogP contribution in [0.4, 0.5) is 4.79 Å². The standard InChI is InChI=1S/C14H20ClN3O2/c1-17-8-11(15)6-12(17)7-16-14(19)18-4-5-20-9-13(18)10-2-3-10/h6,8,10,13H,2-5,7,9H2,1H3,(H,16,19)/t13-/m1/s1. The highest BCUT2D eigenvalue weighted by Gasteiger charge is 2.39. The highest BCUT2D eigenvalue weighted by molar-refractivity contribution is 6.30. The lowest BCUT2D eigenvalue weighted by molar-refractivity contribution is 0.00461. The van der Waals surface area contributed by atoms with Gasteiger partial charge in [-0.05, 0) is 24.8 Å². The van der Waals surface area contributed by atoms with Gasteiger partial charge in [-0.2, -0.15) is 0 Å². The SMILES string of the molecule is Cn1cc(Cl)cc1CNC(=O)N1CCOC[C@@H]1C1CC1. The number of aryl methyl sites for hydroxylation is 1. The van der Waals surface area contributed by atoms with E-state index in [9.17, 15) is 4.79 Å². The lowest BCUT2D eigenvalue weighted by Crippen LogP contribution is -2.53. The molecule has 0 unspecified atom stereocenters. The van der Waals surface area contributed by atoms with E-state index >= 15 is 0 Å². The van der Waals surface area contributed by atoms with E-state index < -0.39 is 0 Å². The van der Waals surface area contributed by atoms with Crippen molar-refractivity contribution in [3.63, 3.8) is 0 Å². The molecule has 2 fully saturated rings. The molecule has 3 rings (SSSR count). The summed E-state index contributed by atoms with van der Waals surface area (Å²) in [6.07, 6.45) is 4.27. The Morgan fingerprint density at radius 3 is 3.00 bits per heavy atom. The number of carbonyl (C=O) groups is 1. The van der Waals surface area contributed by atoms with Crippen LogP contribution in [0.1, 0.15) is 18.5 Å². The number of aromatic nitrogens is 1. The van der Waals surface area contributed by atoms with Gasteiger partial charge in [0.2, 0.25) is 0 Å². The summed E-state index contributed by atoms with van der Waals surface area (Å²) in [4.78, 5) is 14.3. The maximum atomic E-state index is 12.3. The number of hydrogen-bond acceptors (Lipinski definition) is 2. The third kappa shape index (κ3) is 2.94. The average Bonchev–Trinajstić information content (AvgIpc) is 3.22. The molecule has 0 radical (unpaired) electrons. The Balaban J connectivity index is 1.59. The van der Waals surface area contributed by atoms with Gasteiger partial charge in [0.25, 0.3) is 0 Å². The minimum absolute atomic E-state index is 0.00234. The molecule has 6 heteroatoms. The molecule has 0 aromatic carbocycles. The molecule has 1 saturated carbocycles. The maximum Gasteiger partial charge on any atom is 0.318 e. The second kappa shape index (κ2) is 5.66. The summed E-state index contributed by atoms with van der Waals surface area (Å²) in [6, 6.07) is 2.13. The molecule has 2 amide bonds. The van der Waals surface area contributed by atoms with Crippen molar-refractivity contribution in [1.29, 1.82) is 0 Å². The average molecular weight is 298 g/mol. The Labute approximate surface area is 123 Å². The van der Waals surface area contributed by atoms with E-state index in [1.165, 1.54) is 12.8 Å². The monoisotopic (exact) mass is 297 g/mol. The molecule has 1 aliphatic carbocycles. The summed E-state index contributed by atoms with van der Waals surface area (Å²) >= 11 is 5.94. The van der Waals surface area contributed by atoms with Crippen molar-refractivity contribution in [1.82, 2.24) is 14.8 Å². The first-order valence-corrected chi connectivity index (χ1v) is 7.46. The number of morpholine rings is 1. The van der Waals surface area contributed by atoms with E-state index in [2.05, 4.69) is 5.32 Å². The zero-order valence-corrected chi connectivity index (χ0v) is 12.4. The van der Waals surface area contributed by atoms with Crippen LogP contribution >= 0.6 is 11.6 Å². The third-order valence-electron chi connectivity index (χ3n) is 4.09. The maximum absolute atomic E-state index is 12.3. The predicted octanol–water partition coefficient (Wildman–Crippen LogP) is 2.00. The van der Waals surface area contributed by atoms with E-state index in [0.29, 0.717) is 37.2 Å². The zero-order chi connectivity index (χ0) is 14.1. The van der Waals surface area contributed by atoms with Crippen LogP contribution in [0.2, 0.25) is 5.02 Å². The summed E-state index contributed by atoms with van der Waals surface area (Å²) in [6.45, 7) is 2.48. The van der Waals surface area contributed by atoms with Gasteiger partial charge < -0.3 is 19.5 Å². The number of nitrogens with one attached hydrogen (secondary N) is 1. The Morgan fingerprint density at radius 1 is 1.55 bits per heavy atom. The van der Waals surface area contributed by atoms with E-state index in [4.69, 9.17) is 16.3 Å². The van der Waals surface area contributed by atoms with Crippen molar-refractivity contribution in [2.75, 3.05) is 19.8 Å². The van der Waals surface area contributed by atoms with Crippen LogP contribution in [0, 0.1) is 5.92 Å². The van der Waals surface area contributed by atoms with E-state index in [-0.39, 0.29) is 12.1 Å². The molecule has 110 valence electrons. The molecule has 20 heavy (non-hydrogen) atoms. The molecule has 5 nitrogen and oxygen atoms in total. The minimum Gasteiger partial charge on any atom is -0.377 e. The Kier molecular flexibility index (Phi) is 3.89. The molecule has 1 N–H and O–H groups in total. The Hall–Kier alpha value is -1.20. The molecule has 0 bridgehead atoms. The van der Waals surface area contributed by atoms with Crippen LogP contribution in [0.15, 0.2) is 12.3 Å². The van der Waals surface area contributed by atoms with Gasteiger partial charge in [0, 0.05) is 25.5 Å². The van der Waals surface area contributed by atoms with E-state index in [1.807, 2.05) is 28.8 Å². The fraction of sp³-hybridized carbons (Fsp3) is 0.643. The summed E-state index contributed by atoms with van der Waals surface area (Å²) in [5.74, 6) is 0.630. The van der Waals surface area contributed by atoms with E-state index in [0.717, 1.165) is 5.69 Å². The number of nitrogens with zero attached hydrogens (tertiary/aromatic N) is 2. The van der Waals surface area contributed by atoms with Gasteiger partial charge >= 0.3 is 6.03 Å². The Morgan fingerprint density at radius 2 is 2.35 bits per heavy atom.